The first-order valence-corrected chi connectivity index (χ1v) is 27.3. The Kier molecular flexibility index (Phi) is 37.6. The summed E-state index contributed by atoms with van der Waals surface area (Å²) in [5.74, 6) is -2.98. The number of benzene rings is 2. The smallest absolute Gasteiger partial charge is 0.748 e. The van der Waals surface area contributed by atoms with E-state index in [9.17, 15) is 45.1 Å². The van der Waals surface area contributed by atoms with Crippen molar-refractivity contribution >= 4 is 81.9 Å². The topological polar surface area (TPSA) is 220 Å². The van der Waals surface area contributed by atoms with Crippen LogP contribution in [0.5, 0.6) is 0 Å². The van der Waals surface area contributed by atoms with E-state index < -0.39 is 67.8 Å². The van der Waals surface area contributed by atoms with Crippen molar-refractivity contribution in [3.05, 3.63) is 70.8 Å². The summed E-state index contributed by atoms with van der Waals surface area (Å²) < 4.78 is 87.6. The molecule has 0 aliphatic heterocycles. The Morgan fingerprint density at radius 2 is 0.627 bits per heavy atom. The van der Waals surface area contributed by atoms with Crippen molar-refractivity contribution in [3.63, 3.8) is 0 Å². The van der Waals surface area contributed by atoms with Crippen LogP contribution >= 0.6 is 0 Å². The molecule has 376 valence electrons. The minimum Gasteiger partial charge on any atom is -0.748 e. The van der Waals surface area contributed by atoms with Gasteiger partial charge in [-0.05, 0) is 49.9 Å². The van der Waals surface area contributed by atoms with Gasteiger partial charge in [0.05, 0.1) is 46.0 Å². The Bertz CT molecular complexity index is 1750. The zero-order valence-corrected chi connectivity index (χ0v) is 44.7. The fraction of sp³-hybridized carbons (Fsp3) is 0.680. The second kappa shape index (κ2) is 39.2. The molecule has 0 aliphatic carbocycles. The quantitative estimate of drug-likeness (QED) is 0.0204. The second-order valence-corrected chi connectivity index (χ2v) is 20.0. The Hall–Kier alpha value is -2.60. The summed E-state index contributed by atoms with van der Waals surface area (Å²) in [7, 11) is -9.14. The summed E-state index contributed by atoms with van der Waals surface area (Å²) in [5.41, 5.74) is 0.0892. The molecule has 2 atom stereocenters. The Balaban J connectivity index is 0.00000128. The van der Waals surface area contributed by atoms with Crippen LogP contribution in [-0.2, 0) is 39.2 Å². The van der Waals surface area contributed by atoms with Gasteiger partial charge in [-0.25, -0.2) is 36.0 Å². The molecule has 0 aliphatic rings. The molecule has 0 heterocycles. The van der Waals surface area contributed by atoms with Gasteiger partial charge in [0.25, 0.3) is 0 Å². The van der Waals surface area contributed by atoms with Gasteiger partial charge in [0.15, 0.2) is 0 Å². The number of rotatable bonds is 36. The molecule has 0 saturated carbocycles. The molecule has 67 heavy (non-hydrogen) atoms. The van der Waals surface area contributed by atoms with E-state index in [-0.39, 0.29) is 86.0 Å². The Morgan fingerprint density at radius 3 is 0.851 bits per heavy atom. The second-order valence-electron chi connectivity index (χ2n) is 16.7. The zero-order chi connectivity index (χ0) is 49.1. The maximum absolute atomic E-state index is 12.4. The molecule has 0 bridgehead atoms. The number of hydrogen-bond acceptors (Lipinski definition) is 14. The van der Waals surface area contributed by atoms with Gasteiger partial charge in [0, 0.05) is 0 Å². The van der Waals surface area contributed by atoms with Gasteiger partial charge in [-0.15, -0.1) is 0 Å². The molecule has 0 spiro atoms. The normalized spacial score (nSPS) is 12.1. The molecule has 0 N–H and O–H groups in total. The standard InChI is InChI=1S/2C25H40O7S.Ca/c2*1-3-5-6-7-8-9-10-11-12-13-16-19-31-24(26)22-17-14-15-18-23(22)25(27)32-20-21(4-2)33(28,29)30;/h2*14-15,17-18,21H,3-13,16,19-20H2,1-2H3,(H,28,29,30);/q;;+2/p-2. The van der Waals surface area contributed by atoms with Crippen molar-refractivity contribution in [2.45, 2.75) is 192 Å². The van der Waals surface area contributed by atoms with E-state index in [1.54, 1.807) is 24.3 Å². The van der Waals surface area contributed by atoms with Gasteiger partial charge in [0.1, 0.15) is 33.5 Å². The minimum atomic E-state index is -4.57. The maximum atomic E-state index is 12.4. The third-order valence-electron chi connectivity index (χ3n) is 11.2. The molecule has 14 nitrogen and oxygen atoms in total. The summed E-state index contributed by atoms with van der Waals surface area (Å²) in [5, 5.41) is -2.64. The van der Waals surface area contributed by atoms with Crippen molar-refractivity contribution < 1.29 is 64.1 Å². The summed E-state index contributed by atoms with van der Waals surface area (Å²) in [6, 6.07) is 12.1. The molecular weight excluding hydrogens is 929 g/mol. The Labute approximate surface area is 432 Å². The van der Waals surface area contributed by atoms with E-state index in [2.05, 4.69) is 13.8 Å². The van der Waals surface area contributed by atoms with Gasteiger partial charge in [-0.3, -0.25) is 0 Å². The largest absolute Gasteiger partial charge is 2.00 e. The predicted octanol–water partition coefficient (Wildman–Crippen LogP) is 10.9. The summed E-state index contributed by atoms with van der Waals surface area (Å²) in [6.07, 6.45) is 26.3. The van der Waals surface area contributed by atoms with Crippen LogP contribution in [0.4, 0.5) is 0 Å². The average Bonchev–Trinajstić information content (AvgIpc) is 3.29. The van der Waals surface area contributed by atoms with Gasteiger partial charge < -0.3 is 28.1 Å². The van der Waals surface area contributed by atoms with Crippen LogP contribution in [0.1, 0.15) is 223 Å². The van der Waals surface area contributed by atoms with Gasteiger partial charge in [-0.2, -0.15) is 0 Å². The van der Waals surface area contributed by atoms with Gasteiger partial charge >= 0.3 is 61.6 Å². The molecule has 2 unspecified atom stereocenters. The van der Waals surface area contributed by atoms with Crippen LogP contribution in [0.25, 0.3) is 0 Å². The number of carbonyl (C=O) groups is 4. The molecule has 17 heteroatoms. The van der Waals surface area contributed by atoms with Crippen molar-refractivity contribution in [2.24, 2.45) is 0 Å². The molecule has 0 amide bonds. The number of unbranched alkanes of at least 4 members (excludes halogenated alkanes) is 20. The van der Waals surface area contributed by atoms with E-state index in [0.717, 1.165) is 38.5 Å². The number of hydrogen-bond donors (Lipinski definition) is 0. The van der Waals surface area contributed by atoms with Crippen LogP contribution in [0.15, 0.2) is 48.5 Å². The van der Waals surface area contributed by atoms with Crippen LogP contribution in [0.3, 0.4) is 0 Å². The number of ether oxygens (including phenoxy) is 4. The van der Waals surface area contributed by atoms with Crippen LogP contribution in [0.2, 0.25) is 0 Å². The summed E-state index contributed by atoms with van der Waals surface area (Å²) >= 11 is 0. The number of esters is 4. The molecule has 2 rings (SSSR count). The first-order chi connectivity index (χ1) is 31.6. The average molecular weight is 1010 g/mol. The van der Waals surface area contributed by atoms with E-state index in [1.807, 2.05) is 0 Å². The van der Waals surface area contributed by atoms with Crippen LogP contribution in [-0.4, -0.2) is 124 Å². The van der Waals surface area contributed by atoms with Gasteiger partial charge in [0.2, 0.25) is 0 Å². The third-order valence-corrected chi connectivity index (χ3v) is 13.8. The molecule has 0 saturated heterocycles. The van der Waals surface area contributed by atoms with Gasteiger partial charge in [-0.1, -0.05) is 180 Å². The first-order valence-electron chi connectivity index (χ1n) is 24.4. The van der Waals surface area contributed by atoms with Crippen molar-refractivity contribution in [2.75, 3.05) is 26.4 Å². The van der Waals surface area contributed by atoms with E-state index >= 15 is 0 Å². The molecule has 0 fully saturated rings. The van der Waals surface area contributed by atoms with E-state index in [0.29, 0.717) is 0 Å². The monoisotopic (exact) mass is 1010 g/mol. The van der Waals surface area contributed by atoms with Crippen molar-refractivity contribution in [1.82, 2.24) is 0 Å². The number of carbonyl (C=O) groups excluding carboxylic acids is 4. The van der Waals surface area contributed by atoms with E-state index in [4.69, 9.17) is 18.9 Å². The maximum Gasteiger partial charge on any atom is 2.00 e. The predicted molar refractivity (Wildman–Crippen MR) is 260 cm³/mol. The molecule has 0 aromatic heterocycles. The molecular formula is C50H78CaO14S2. The van der Waals surface area contributed by atoms with Crippen LogP contribution < -0.4 is 0 Å². The third kappa shape index (κ3) is 29.9. The molecule has 2 aromatic rings. The fourth-order valence-corrected chi connectivity index (χ4v) is 8.29. The minimum absolute atomic E-state index is 0. The van der Waals surface area contributed by atoms with Crippen molar-refractivity contribution in [3.8, 4) is 0 Å². The fourth-order valence-electron chi connectivity index (χ4n) is 7.00. The summed E-state index contributed by atoms with van der Waals surface area (Å²) in [4.78, 5) is 49.6. The zero-order valence-electron chi connectivity index (χ0n) is 40.8. The molecule has 0 radical (unpaired) electrons. The SMILES string of the molecule is CCCCCCCCCCCCCOC(=O)c1ccccc1C(=O)OCC(CC)S(=O)(=O)[O-].CCCCCCCCCCCCCOC(=O)c1ccccc1C(=O)OCC(CC)S(=O)(=O)[O-].[Ca+2]. The Morgan fingerprint density at radius 1 is 0.403 bits per heavy atom. The van der Waals surface area contributed by atoms with Crippen molar-refractivity contribution in [1.29, 1.82) is 0 Å². The molecule has 2 aromatic carbocycles. The summed E-state index contributed by atoms with van der Waals surface area (Å²) in [6.45, 7) is 6.92. The first kappa shape index (κ1) is 64.4. The van der Waals surface area contributed by atoms with E-state index in [1.165, 1.54) is 141 Å². The van der Waals surface area contributed by atoms with Crippen LogP contribution in [0, 0.1) is 0 Å².